The highest BCUT2D eigenvalue weighted by Gasteiger charge is 2.15. The van der Waals surface area contributed by atoms with Gasteiger partial charge in [-0.3, -0.25) is 4.79 Å². The van der Waals surface area contributed by atoms with Gasteiger partial charge in [-0.1, -0.05) is 29.3 Å². The van der Waals surface area contributed by atoms with Crippen LogP contribution in [-0.4, -0.2) is 12.4 Å². The van der Waals surface area contributed by atoms with E-state index in [1.807, 2.05) is 0 Å². The molecule has 0 saturated carbocycles. The Morgan fingerprint density at radius 2 is 1.75 bits per heavy atom. The Hall–Kier alpha value is -1.65. The van der Waals surface area contributed by atoms with E-state index >= 15 is 0 Å². The largest absolute Gasteiger partial charge is 0.479 e. The molecule has 2 nitrogen and oxygen atoms in total. The van der Waals surface area contributed by atoms with Crippen molar-refractivity contribution in [2.45, 2.75) is 0 Å². The van der Waals surface area contributed by atoms with Crippen molar-refractivity contribution in [3.8, 4) is 5.75 Å². The molecule has 0 saturated heterocycles. The molecule has 0 aliphatic rings. The van der Waals surface area contributed by atoms with Gasteiger partial charge in [-0.15, -0.1) is 0 Å². The highest BCUT2D eigenvalue weighted by atomic mass is 35.5. The lowest BCUT2D eigenvalue weighted by atomic mass is 10.1. The van der Waals surface area contributed by atoms with Crippen LogP contribution >= 0.6 is 23.2 Å². The molecule has 2 rings (SSSR count). The third-order valence-corrected chi connectivity index (χ3v) is 3.05. The van der Waals surface area contributed by atoms with Gasteiger partial charge in [0.25, 0.3) is 0 Å². The fraction of sp³-hybridized carbons (Fsp3) is 0.0714. The van der Waals surface area contributed by atoms with Crippen molar-refractivity contribution in [1.29, 1.82) is 0 Å². The fourth-order valence-electron chi connectivity index (χ4n) is 1.55. The first-order chi connectivity index (χ1) is 9.49. The average Bonchev–Trinajstić information content (AvgIpc) is 2.37. The van der Waals surface area contributed by atoms with E-state index in [-0.39, 0.29) is 10.6 Å². The maximum atomic E-state index is 13.3. The molecule has 6 heteroatoms. The summed E-state index contributed by atoms with van der Waals surface area (Å²) in [5, 5.41) is 0.535. The molecule has 2 aromatic carbocycles. The van der Waals surface area contributed by atoms with Crippen molar-refractivity contribution < 1.29 is 18.3 Å². The number of benzene rings is 2. The normalized spacial score (nSPS) is 10.4. The molecule has 0 aliphatic carbocycles. The molecule has 2 aromatic rings. The molecule has 0 unspecified atom stereocenters. The highest BCUT2D eigenvalue weighted by molar-refractivity contribution is 6.36. The van der Waals surface area contributed by atoms with E-state index in [0.717, 1.165) is 12.1 Å². The zero-order chi connectivity index (χ0) is 14.7. The minimum absolute atomic E-state index is 0.153. The molecule has 0 aromatic heterocycles. The van der Waals surface area contributed by atoms with Crippen molar-refractivity contribution in [2.75, 3.05) is 6.61 Å². The van der Waals surface area contributed by atoms with Crippen LogP contribution in [0.15, 0.2) is 36.4 Å². The summed E-state index contributed by atoms with van der Waals surface area (Å²) < 4.78 is 31.5. The van der Waals surface area contributed by atoms with Gasteiger partial charge >= 0.3 is 0 Å². The van der Waals surface area contributed by atoms with Gasteiger partial charge in [0.1, 0.15) is 0 Å². The van der Waals surface area contributed by atoms with Gasteiger partial charge in [-0.05, 0) is 30.3 Å². The summed E-state index contributed by atoms with van der Waals surface area (Å²) >= 11 is 11.6. The van der Waals surface area contributed by atoms with Gasteiger partial charge < -0.3 is 4.74 Å². The molecule has 104 valence electrons. The summed E-state index contributed by atoms with van der Waals surface area (Å²) in [5.74, 6) is -2.85. The van der Waals surface area contributed by atoms with Crippen molar-refractivity contribution in [1.82, 2.24) is 0 Å². The fourth-order valence-corrected chi connectivity index (χ4v) is 2.07. The summed E-state index contributed by atoms with van der Waals surface area (Å²) in [6.45, 7) is -0.529. The first-order valence-corrected chi connectivity index (χ1v) is 6.29. The van der Waals surface area contributed by atoms with Crippen molar-refractivity contribution >= 4 is 29.0 Å². The van der Waals surface area contributed by atoms with Gasteiger partial charge in [0, 0.05) is 10.6 Å². The molecule has 0 atom stereocenters. The van der Waals surface area contributed by atoms with Gasteiger partial charge in [0.05, 0.1) is 5.02 Å². The number of para-hydroxylation sites is 1. The number of ketones is 1. The molecule has 0 fully saturated rings. The smallest absolute Gasteiger partial charge is 0.201 e. The third kappa shape index (κ3) is 3.26. The van der Waals surface area contributed by atoms with Crippen LogP contribution < -0.4 is 4.74 Å². The number of rotatable bonds is 4. The second-order valence-corrected chi connectivity index (χ2v) is 4.73. The molecule has 20 heavy (non-hydrogen) atoms. The summed E-state index contributed by atoms with van der Waals surface area (Å²) in [6.07, 6.45) is 0. The Labute approximate surface area is 123 Å². The Morgan fingerprint density at radius 3 is 2.35 bits per heavy atom. The minimum atomic E-state index is -0.875. The van der Waals surface area contributed by atoms with Gasteiger partial charge in [0.15, 0.2) is 24.0 Å². The number of ether oxygens (including phenoxy) is 1. The Balaban J connectivity index is 2.13. The van der Waals surface area contributed by atoms with Crippen LogP contribution in [0.2, 0.25) is 10.0 Å². The number of halogens is 4. The first kappa shape index (κ1) is 14.8. The Kier molecular flexibility index (Phi) is 4.57. The minimum Gasteiger partial charge on any atom is -0.479 e. The van der Waals surface area contributed by atoms with E-state index in [9.17, 15) is 13.6 Å². The predicted molar refractivity (Wildman–Crippen MR) is 72.6 cm³/mol. The maximum Gasteiger partial charge on any atom is 0.201 e. The monoisotopic (exact) mass is 316 g/mol. The second-order valence-electron chi connectivity index (χ2n) is 3.89. The lowest BCUT2D eigenvalue weighted by Crippen LogP contribution is -2.13. The van der Waals surface area contributed by atoms with Crippen molar-refractivity contribution in [3.05, 3.63) is 63.6 Å². The lowest BCUT2D eigenvalue weighted by molar-refractivity contribution is 0.0916. The molecular weight excluding hydrogens is 309 g/mol. The van der Waals surface area contributed by atoms with Crippen LogP contribution in [0, 0.1) is 11.6 Å². The van der Waals surface area contributed by atoms with E-state index in [4.69, 9.17) is 27.9 Å². The van der Waals surface area contributed by atoms with Crippen molar-refractivity contribution in [3.63, 3.8) is 0 Å². The zero-order valence-electron chi connectivity index (χ0n) is 10.00. The molecule has 0 amide bonds. The second kappa shape index (κ2) is 6.20. The van der Waals surface area contributed by atoms with E-state index in [0.29, 0.717) is 5.02 Å². The highest BCUT2D eigenvalue weighted by Crippen LogP contribution is 2.23. The zero-order valence-corrected chi connectivity index (χ0v) is 11.5. The summed E-state index contributed by atoms with van der Waals surface area (Å²) in [7, 11) is 0. The number of hydrogen-bond acceptors (Lipinski definition) is 2. The molecule has 0 bridgehead atoms. The quantitative estimate of drug-likeness (QED) is 0.774. The maximum absolute atomic E-state index is 13.3. The molecule has 0 aliphatic heterocycles. The third-order valence-electron chi connectivity index (χ3n) is 2.50. The van der Waals surface area contributed by atoms with E-state index < -0.39 is 29.8 Å². The van der Waals surface area contributed by atoms with Gasteiger partial charge in [-0.2, -0.15) is 0 Å². The molecule has 0 heterocycles. The van der Waals surface area contributed by atoms with E-state index in [1.165, 1.54) is 24.3 Å². The van der Waals surface area contributed by atoms with Crippen LogP contribution in [0.5, 0.6) is 5.75 Å². The summed E-state index contributed by atoms with van der Waals surface area (Å²) in [6, 6.07) is 7.60. The Morgan fingerprint density at radius 1 is 1.10 bits per heavy atom. The Bertz CT molecular complexity index is 639. The average molecular weight is 317 g/mol. The molecule has 0 radical (unpaired) electrons. The summed E-state index contributed by atoms with van der Waals surface area (Å²) in [4.78, 5) is 11.9. The number of hydrogen-bond donors (Lipinski definition) is 0. The first-order valence-electron chi connectivity index (χ1n) is 5.54. The van der Waals surface area contributed by atoms with Crippen molar-refractivity contribution in [2.24, 2.45) is 0 Å². The standard InChI is InChI=1S/C14H8Cl2F2O2/c15-8-4-5-9(10(16)6-8)13(19)7-20-14-11(17)2-1-3-12(14)18/h1-6H,7H2. The molecule has 0 spiro atoms. The van der Waals surface area contributed by atoms with Crippen LogP contribution in [0.25, 0.3) is 0 Å². The van der Waals surface area contributed by atoms with Gasteiger partial charge in [-0.25, -0.2) is 8.78 Å². The molecule has 0 N–H and O–H groups in total. The number of Topliss-reactive ketones (excluding diaryl/α,β-unsaturated/α-hetero) is 1. The van der Waals surface area contributed by atoms with Gasteiger partial charge in [0.2, 0.25) is 5.78 Å². The van der Waals surface area contributed by atoms with Crippen LogP contribution in [0.3, 0.4) is 0 Å². The van der Waals surface area contributed by atoms with Crippen LogP contribution in [0.4, 0.5) is 8.78 Å². The SMILES string of the molecule is O=C(COc1c(F)cccc1F)c1ccc(Cl)cc1Cl. The van der Waals surface area contributed by atoms with E-state index in [2.05, 4.69) is 0 Å². The summed E-state index contributed by atoms with van der Waals surface area (Å²) in [5.41, 5.74) is 0.174. The van der Waals surface area contributed by atoms with Crippen LogP contribution in [-0.2, 0) is 0 Å². The van der Waals surface area contributed by atoms with Crippen LogP contribution in [0.1, 0.15) is 10.4 Å². The lowest BCUT2D eigenvalue weighted by Gasteiger charge is -2.08. The number of carbonyl (C=O) groups excluding carboxylic acids is 1. The number of carbonyl (C=O) groups is 1. The van der Waals surface area contributed by atoms with E-state index in [1.54, 1.807) is 0 Å². The molecular formula is C14H8Cl2F2O2. The predicted octanol–water partition coefficient (Wildman–Crippen LogP) is 4.53. The topological polar surface area (TPSA) is 26.3 Å².